The maximum absolute atomic E-state index is 2.40. The van der Waals surface area contributed by atoms with E-state index in [9.17, 15) is 0 Å². The molecule has 0 radical (unpaired) electrons. The highest BCUT2D eigenvalue weighted by atomic mass is 32.1. The van der Waals surface area contributed by atoms with Gasteiger partial charge in [-0.3, -0.25) is 0 Å². The summed E-state index contributed by atoms with van der Waals surface area (Å²) in [5, 5.41) is 2.63. The molecule has 0 unspecified atom stereocenters. The zero-order chi connectivity index (χ0) is 33.3. The van der Waals surface area contributed by atoms with Gasteiger partial charge < -0.3 is 4.90 Å². The van der Waals surface area contributed by atoms with Gasteiger partial charge in [-0.2, -0.15) is 0 Å². The Morgan fingerprint density at radius 2 is 0.800 bits per heavy atom. The molecule has 1 heterocycles. The van der Waals surface area contributed by atoms with Crippen LogP contribution in [0, 0.1) is 0 Å². The van der Waals surface area contributed by atoms with Crippen molar-refractivity contribution in [3.8, 4) is 44.5 Å². The molecule has 0 atom stereocenters. The lowest BCUT2D eigenvalue weighted by Gasteiger charge is -2.27. The van der Waals surface area contributed by atoms with Crippen LogP contribution in [0.5, 0.6) is 0 Å². The van der Waals surface area contributed by atoms with Crippen molar-refractivity contribution < 1.29 is 0 Å². The summed E-state index contributed by atoms with van der Waals surface area (Å²) < 4.78 is 2.64. The lowest BCUT2D eigenvalue weighted by Crippen LogP contribution is -2.10. The Hall–Kier alpha value is -6.22. The topological polar surface area (TPSA) is 3.24 Å². The molecule has 0 spiro atoms. The minimum atomic E-state index is 1.10. The largest absolute Gasteiger partial charge is 0.310 e. The molecule has 9 rings (SSSR count). The number of nitrogens with zero attached hydrogens (tertiary/aromatic N) is 1. The molecule has 1 aromatic heterocycles. The average Bonchev–Trinajstić information content (AvgIpc) is 3.58. The van der Waals surface area contributed by atoms with Crippen LogP contribution in [0.2, 0.25) is 0 Å². The fourth-order valence-corrected chi connectivity index (χ4v) is 8.24. The molecule has 0 aliphatic rings. The van der Waals surface area contributed by atoms with Gasteiger partial charge in [0.25, 0.3) is 0 Å². The summed E-state index contributed by atoms with van der Waals surface area (Å²) in [5.74, 6) is 0. The van der Waals surface area contributed by atoms with Crippen LogP contribution in [-0.2, 0) is 0 Å². The molecule has 9 aromatic rings. The van der Waals surface area contributed by atoms with E-state index in [1.807, 2.05) is 11.3 Å². The normalized spacial score (nSPS) is 11.2. The smallest absolute Gasteiger partial charge is 0.0473 e. The number of hydrogen-bond donors (Lipinski definition) is 0. The Bertz CT molecular complexity index is 2510. The van der Waals surface area contributed by atoms with Crippen molar-refractivity contribution in [2.75, 3.05) is 4.90 Å². The van der Waals surface area contributed by atoms with Gasteiger partial charge in [-0.15, -0.1) is 11.3 Å². The highest BCUT2D eigenvalue weighted by Gasteiger charge is 2.18. The number of rotatable bonds is 7. The van der Waals surface area contributed by atoms with Gasteiger partial charge in [-0.05, 0) is 93.0 Å². The van der Waals surface area contributed by atoms with E-state index in [0.717, 1.165) is 17.1 Å². The van der Waals surface area contributed by atoms with Crippen LogP contribution in [0.4, 0.5) is 17.1 Å². The van der Waals surface area contributed by atoms with Crippen LogP contribution < -0.4 is 4.90 Å². The van der Waals surface area contributed by atoms with E-state index in [1.54, 1.807) is 0 Å². The molecule has 236 valence electrons. The highest BCUT2D eigenvalue weighted by Crippen LogP contribution is 2.44. The second kappa shape index (κ2) is 13.0. The quantitative estimate of drug-likeness (QED) is 0.165. The molecule has 0 aliphatic carbocycles. The van der Waals surface area contributed by atoms with E-state index in [1.165, 1.54) is 64.7 Å². The lowest BCUT2D eigenvalue weighted by atomic mass is 9.97. The Morgan fingerprint density at radius 1 is 0.300 bits per heavy atom. The molecule has 0 N–H and O–H groups in total. The van der Waals surface area contributed by atoms with E-state index in [4.69, 9.17) is 0 Å². The van der Waals surface area contributed by atoms with Crippen molar-refractivity contribution in [2.45, 2.75) is 0 Å². The summed E-state index contributed by atoms with van der Waals surface area (Å²) >= 11 is 1.88. The van der Waals surface area contributed by atoms with Crippen molar-refractivity contribution in [1.82, 2.24) is 0 Å². The molecule has 0 amide bonds. The minimum absolute atomic E-state index is 1.10. The molecule has 8 aromatic carbocycles. The number of anilines is 3. The maximum atomic E-state index is 2.40. The van der Waals surface area contributed by atoms with Gasteiger partial charge in [0.05, 0.1) is 0 Å². The fourth-order valence-electron chi connectivity index (χ4n) is 7.00. The standard InChI is InChI=1S/C48H33NS/c1-4-14-34(15-5-1)37-26-28-41(29-27-37)49(43-32-39(35-16-6-2-7-17-35)30-40(33-43)36-18-8-3-9-19-36)42-21-12-20-38(31-42)44-23-13-24-46-45-22-10-11-25-47(45)50-48(44)46/h1-33H. The first-order valence-corrected chi connectivity index (χ1v) is 17.8. The van der Waals surface area contributed by atoms with Crippen molar-refractivity contribution in [3.05, 3.63) is 200 Å². The number of thiophene rings is 1. The predicted molar refractivity (Wildman–Crippen MR) is 216 cm³/mol. The van der Waals surface area contributed by atoms with Crippen LogP contribution in [0.15, 0.2) is 200 Å². The predicted octanol–water partition coefficient (Wildman–Crippen LogP) is 14.2. The van der Waals surface area contributed by atoms with Gasteiger partial charge in [-0.25, -0.2) is 0 Å². The Balaban J connectivity index is 1.24. The Labute approximate surface area is 297 Å². The maximum Gasteiger partial charge on any atom is 0.0473 e. The Kier molecular flexibility index (Phi) is 7.77. The molecule has 0 aliphatic heterocycles. The molecule has 50 heavy (non-hydrogen) atoms. The van der Waals surface area contributed by atoms with Crippen LogP contribution in [0.1, 0.15) is 0 Å². The van der Waals surface area contributed by atoms with E-state index in [-0.39, 0.29) is 0 Å². The fraction of sp³-hybridized carbons (Fsp3) is 0. The Morgan fingerprint density at radius 3 is 1.46 bits per heavy atom. The number of hydrogen-bond acceptors (Lipinski definition) is 2. The second-order valence-electron chi connectivity index (χ2n) is 12.6. The summed E-state index contributed by atoms with van der Waals surface area (Å²) in [4.78, 5) is 2.40. The third-order valence-corrected chi connectivity index (χ3v) is 10.7. The first-order chi connectivity index (χ1) is 24.8. The van der Waals surface area contributed by atoms with Gasteiger partial charge in [0, 0.05) is 37.2 Å². The highest BCUT2D eigenvalue weighted by molar-refractivity contribution is 7.26. The summed E-state index contributed by atoms with van der Waals surface area (Å²) in [6, 6.07) is 72.4. The number of fused-ring (bicyclic) bond motifs is 3. The van der Waals surface area contributed by atoms with Crippen molar-refractivity contribution >= 4 is 48.6 Å². The summed E-state index contributed by atoms with van der Waals surface area (Å²) in [6.07, 6.45) is 0. The van der Waals surface area contributed by atoms with Crippen LogP contribution in [0.25, 0.3) is 64.7 Å². The zero-order valence-electron chi connectivity index (χ0n) is 27.4. The van der Waals surface area contributed by atoms with Gasteiger partial charge in [0.15, 0.2) is 0 Å². The lowest BCUT2D eigenvalue weighted by molar-refractivity contribution is 1.28. The van der Waals surface area contributed by atoms with Gasteiger partial charge in [0.1, 0.15) is 0 Å². The third kappa shape index (κ3) is 5.66. The number of benzene rings is 8. The van der Waals surface area contributed by atoms with E-state index >= 15 is 0 Å². The molecular weight excluding hydrogens is 623 g/mol. The first-order valence-electron chi connectivity index (χ1n) is 17.0. The van der Waals surface area contributed by atoms with Gasteiger partial charge in [-0.1, -0.05) is 152 Å². The molecule has 0 saturated carbocycles. The molecule has 2 heteroatoms. The molecular formula is C48H33NS. The van der Waals surface area contributed by atoms with E-state index < -0.39 is 0 Å². The van der Waals surface area contributed by atoms with Crippen LogP contribution in [-0.4, -0.2) is 0 Å². The minimum Gasteiger partial charge on any atom is -0.310 e. The van der Waals surface area contributed by atoms with Crippen molar-refractivity contribution in [1.29, 1.82) is 0 Å². The summed E-state index contributed by atoms with van der Waals surface area (Å²) in [7, 11) is 0. The van der Waals surface area contributed by atoms with Crippen molar-refractivity contribution in [3.63, 3.8) is 0 Å². The first kappa shape index (κ1) is 29.9. The van der Waals surface area contributed by atoms with E-state index in [0.29, 0.717) is 0 Å². The monoisotopic (exact) mass is 655 g/mol. The van der Waals surface area contributed by atoms with Gasteiger partial charge in [0.2, 0.25) is 0 Å². The SMILES string of the molecule is c1ccc(-c2ccc(N(c3cc(-c4ccccc4)cc(-c4ccccc4)c3)c3cccc(-c4cccc5c4sc4ccccc45)c3)cc2)cc1. The molecule has 0 bridgehead atoms. The molecule has 1 nitrogen and oxygen atoms in total. The summed E-state index contributed by atoms with van der Waals surface area (Å²) in [5.41, 5.74) is 12.9. The third-order valence-electron chi connectivity index (χ3n) is 9.44. The van der Waals surface area contributed by atoms with Crippen LogP contribution in [0.3, 0.4) is 0 Å². The molecule has 0 saturated heterocycles. The summed E-state index contributed by atoms with van der Waals surface area (Å²) in [6.45, 7) is 0. The van der Waals surface area contributed by atoms with E-state index in [2.05, 4.69) is 205 Å². The van der Waals surface area contributed by atoms with Crippen LogP contribution >= 0.6 is 11.3 Å². The van der Waals surface area contributed by atoms with Crippen molar-refractivity contribution in [2.24, 2.45) is 0 Å². The second-order valence-corrected chi connectivity index (χ2v) is 13.6. The zero-order valence-corrected chi connectivity index (χ0v) is 28.2. The van der Waals surface area contributed by atoms with Gasteiger partial charge >= 0.3 is 0 Å². The average molecular weight is 656 g/mol. The molecule has 0 fully saturated rings.